The summed E-state index contributed by atoms with van der Waals surface area (Å²) in [5.41, 5.74) is 9.29. The van der Waals surface area contributed by atoms with Gasteiger partial charge in [-0.15, -0.1) is 0 Å². The lowest BCUT2D eigenvalue weighted by Crippen LogP contribution is -2.07. The normalized spacial score (nSPS) is 11.0. The zero-order valence-corrected chi connectivity index (χ0v) is 16.6. The Bertz CT molecular complexity index is 1020. The standard InChI is InChI=1S/C22H22ClNO4/c1-3-27-20(26)10-15-6-4-14(5-7-15)8-9-19(25)21-13(2)28-22-17(21)11-16(23)12-18(22)24/h4-7,11-12H,3,8-10,24H2,1-2H3. The fourth-order valence-electron chi connectivity index (χ4n) is 3.24. The largest absolute Gasteiger partial charge is 0.466 e. The van der Waals surface area contributed by atoms with E-state index in [1.807, 2.05) is 24.3 Å². The van der Waals surface area contributed by atoms with Gasteiger partial charge in [0, 0.05) is 16.8 Å². The number of benzene rings is 2. The second kappa shape index (κ2) is 8.48. The van der Waals surface area contributed by atoms with Crippen LogP contribution in [0.3, 0.4) is 0 Å². The smallest absolute Gasteiger partial charge is 0.310 e. The minimum Gasteiger partial charge on any atom is -0.466 e. The number of fused-ring (bicyclic) bond motifs is 1. The molecule has 3 aromatic rings. The van der Waals surface area contributed by atoms with Crippen molar-refractivity contribution in [2.24, 2.45) is 0 Å². The van der Waals surface area contributed by atoms with Crippen LogP contribution in [0.5, 0.6) is 0 Å². The van der Waals surface area contributed by atoms with E-state index >= 15 is 0 Å². The highest BCUT2D eigenvalue weighted by Crippen LogP contribution is 2.33. The predicted molar refractivity (Wildman–Crippen MR) is 110 cm³/mol. The van der Waals surface area contributed by atoms with E-state index in [1.54, 1.807) is 26.0 Å². The van der Waals surface area contributed by atoms with Gasteiger partial charge in [-0.2, -0.15) is 0 Å². The Balaban J connectivity index is 1.70. The van der Waals surface area contributed by atoms with E-state index in [-0.39, 0.29) is 18.2 Å². The number of halogens is 1. The molecule has 0 atom stereocenters. The Kier molecular flexibility index (Phi) is 6.05. The van der Waals surface area contributed by atoms with Crippen molar-refractivity contribution in [2.75, 3.05) is 12.3 Å². The molecule has 28 heavy (non-hydrogen) atoms. The van der Waals surface area contributed by atoms with E-state index < -0.39 is 0 Å². The maximum absolute atomic E-state index is 12.8. The summed E-state index contributed by atoms with van der Waals surface area (Å²) in [5.74, 6) is 0.276. The number of esters is 1. The number of aryl methyl sites for hydroxylation is 2. The van der Waals surface area contributed by atoms with Crippen LogP contribution < -0.4 is 5.73 Å². The first-order chi connectivity index (χ1) is 13.4. The molecule has 0 unspecified atom stereocenters. The Morgan fingerprint density at radius 1 is 1.14 bits per heavy atom. The minimum absolute atomic E-state index is 0.0199. The molecule has 2 N–H and O–H groups in total. The first-order valence-electron chi connectivity index (χ1n) is 9.13. The van der Waals surface area contributed by atoms with Gasteiger partial charge in [0.25, 0.3) is 0 Å². The second-order valence-electron chi connectivity index (χ2n) is 6.63. The van der Waals surface area contributed by atoms with Gasteiger partial charge in [0.15, 0.2) is 11.4 Å². The summed E-state index contributed by atoms with van der Waals surface area (Å²) in [6, 6.07) is 10.9. The number of Topliss-reactive ketones (excluding diaryl/α,β-unsaturated/α-hetero) is 1. The van der Waals surface area contributed by atoms with Crippen molar-refractivity contribution in [3.8, 4) is 0 Å². The number of ketones is 1. The van der Waals surface area contributed by atoms with Gasteiger partial charge in [-0.25, -0.2) is 0 Å². The number of carbonyl (C=O) groups excluding carboxylic acids is 2. The van der Waals surface area contributed by atoms with E-state index in [0.717, 1.165) is 11.1 Å². The van der Waals surface area contributed by atoms with E-state index in [0.29, 0.717) is 52.5 Å². The minimum atomic E-state index is -0.245. The molecule has 2 aromatic carbocycles. The summed E-state index contributed by atoms with van der Waals surface area (Å²) in [7, 11) is 0. The molecule has 3 rings (SSSR count). The van der Waals surface area contributed by atoms with E-state index in [1.165, 1.54) is 0 Å². The van der Waals surface area contributed by atoms with Crippen LogP contribution in [0.4, 0.5) is 5.69 Å². The van der Waals surface area contributed by atoms with E-state index in [4.69, 9.17) is 26.5 Å². The van der Waals surface area contributed by atoms with Gasteiger partial charge in [-0.3, -0.25) is 9.59 Å². The summed E-state index contributed by atoms with van der Waals surface area (Å²) < 4.78 is 10.6. The van der Waals surface area contributed by atoms with Gasteiger partial charge in [0.1, 0.15) is 5.76 Å². The molecule has 1 heterocycles. The van der Waals surface area contributed by atoms with Gasteiger partial charge in [-0.05, 0) is 43.5 Å². The third-order valence-electron chi connectivity index (χ3n) is 4.56. The number of nitrogen functional groups attached to an aromatic ring is 1. The molecule has 0 amide bonds. The Labute approximate surface area is 168 Å². The third-order valence-corrected chi connectivity index (χ3v) is 4.77. The van der Waals surface area contributed by atoms with Crippen LogP contribution in [0.1, 0.15) is 40.6 Å². The molecule has 5 nitrogen and oxygen atoms in total. The SMILES string of the molecule is CCOC(=O)Cc1ccc(CCC(=O)c2c(C)oc3c(N)cc(Cl)cc23)cc1. The van der Waals surface area contributed by atoms with Gasteiger partial charge in [-0.1, -0.05) is 35.9 Å². The maximum atomic E-state index is 12.8. The summed E-state index contributed by atoms with van der Waals surface area (Å²) >= 11 is 6.09. The van der Waals surface area contributed by atoms with Crippen LogP contribution in [-0.4, -0.2) is 18.4 Å². The van der Waals surface area contributed by atoms with Gasteiger partial charge < -0.3 is 14.9 Å². The number of ether oxygens (including phenoxy) is 1. The molecule has 0 aliphatic heterocycles. The highest BCUT2D eigenvalue weighted by Gasteiger charge is 2.20. The van der Waals surface area contributed by atoms with Crippen molar-refractivity contribution in [1.82, 2.24) is 0 Å². The van der Waals surface area contributed by atoms with E-state index in [2.05, 4.69) is 0 Å². The van der Waals surface area contributed by atoms with Crippen molar-refractivity contribution < 1.29 is 18.7 Å². The Morgan fingerprint density at radius 2 is 1.82 bits per heavy atom. The highest BCUT2D eigenvalue weighted by atomic mass is 35.5. The van der Waals surface area contributed by atoms with Gasteiger partial charge in [0.05, 0.1) is 24.3 Å². The van der Waals surface area contributed by atoms with Crippen molar-refractivity contribution in [2.45, 2.75) is 33.1 Å². The molecule has 0 spiro atoms. The first kappa shape index (κ1) is 20.0. The molecule has 0 bridgehead atoms. The number of rotatable bonds is 7. The highest BCUT2D eigenvalue weighted by molar-refractivity contribution is 6.32. The number of nitrogens with two attached hydrogens (primary N) is 1. The van der Waals surface area contributed by atoms with Crippen LogP contribution in [0.15, 0.2) is 40.8 Å². The van der Waals surface area contributed by atoms with Crippen molar-refractivity contribution >= 4 is 40.0 Å². The lowest BCUT2D eigenvalue weighted by atomic mass is 9.99. The summed E-state index contributed by atoms with van der Waals surface area (Å²) in [4.78, 5) is 24.4. The first-order valence-corrected chi connectivity index (χ1v) is 9.51. The monoisotopic (exact) mass is 399 g/mol. The molecular formula is C22H22ClNO4. The fraction of sp³-hybridized carbons (Fsp3) is 0.273. The molecule has 6 heteroatoms. The van der Waals surface area contributed by atoms with Gasteiger partial charge >= 0.3 is 5.97 Å². The van der Waals surface area contributed by atoms with Crippen LogP contribution in [-0.2, 0) is 22.4 Å². The molecular weight excluding hydrogens is 378 g/mol. The van der Waals surface area contributed by atoms with Crippen LogP contribution in [0.25, 0.3) is 11.0 Å². The average molecular weight is 400 g/mol. The zero-order valence-electron chi connectivity index (χ0n) is 15.9. The summed E-state index contributed by atoms with van der Waals surface area (Å²) in [6.45, 7) is 3.91. The molecule has 0 fully saturated rings. The van der Waals surface area contributed by atoms with Crippen molar-refractivity contribution in [3.63, 3.8) is 0 Å². The number of anilines is 1. The summed E-state index contributed by atoms with van der Waals surface area (Å²) in [6.07, 6.45) is 1.16. The van der Waals surface area contributed by atoms with Crippen LogP contribution in [0.2, 0.25) is 5.02 Å². The van der Waals surface area contributed by atoms with Crippen molar-refractivity contribution in [3.05, 3.63) is 63.9 Å². The number of hydrogen-bond acceptors (Lipinski definition) is 5. The summed E-state index contributed by atoms with van der Waals surface area (Å²) in [5, 5.41) is 1.12. The number of hydrogen-bond donors (Lipinski definition) is 1. The maximum Gasteiger partial charge on any atom is 0.310 e. The topological polar surface area (TPSA) is 82.5 Å². The van der Waals surface area contributed by atoms with Gasteiger partial charge in [0.2, 0.25) is 0 Å². The second-order valence-corrected chi connectivity index (χ2v) is 7.06. The van der Waals surface area contributed by atoms with E-state index in [9.17, 15) is 9.59 Å². The average Bonchev–Trinajstić information content (AvgIpc) is 2.97. The number of carbonyl (C=O) groups is 2. The Hall–Kier alpha value is -2.79. The molecule has 0 aliphatic rings. The third kappa shape index (κ3) is 4.37. The molecule has 0 saturated heterocycles. The fourth-order valence-corrected chi connectivity index (χ4v) is 3.47. The molecule has 0 saturated carbocycles. The van der Waals surface area contributed by atoms with Crippen molar-refractivity contribution in [1.29, 1.82) is 0 Å². The molecule has 146 valence electrons. The lowest BCUT2D eigenvalue weighted by Gasteiger charge is -2.05. The molecule has 1 aromatic heterocycles. The van der Waals surface area contributed by atoms with Crippen LogP contribution >= 0.6 is 11.6 Å². The lowest BCUT2D eigenvalue weighted by molar-refractivity contribution is -0.142. The quantitative estimate of drug-likeness (QED) is 0.347. The predicted octanol–water partition coefficient (Wildman–Crippen LogP) is 4.90. The Morgan fingerprint density at radius 3 is 2.50 bits per heavy atom. The number of furan rings is 1. The van der Waals surface area contributed by atoms with Crippen LogP contribution in [0, 0.1) is 6.92 Å². The molecule has 0 aliphatic carbocycles. The zero-order chi connectivity index (χ0) is 20.3. The molecule has 0 radical (unpaired) electrons.